The Balaban J connectivity index is 2.21. The average molecular weight is 506 g/mol. The fourth-order valence-corrected chi connectivity index (χ4v) is 5.12. The number of ether oxygens (including phenoxy) is 1. The lowest BCUT2D eigenvalue weighted by Gasteiger charge is -2.47. The van der Waals surface area contributed by atoms with Crippen molar-refractivity contribution in [3.63, 3.8) is 0 Å². The summed E-state index contributed by atoms with van der Waals surface area (Å²) in [5.74, 6) is -2.96. The molecule has 3 rings (SSSR count). The first-order valence-electron chi connectivity index (χ1n) is 11.5. The molecule has 182 valence electrons. The summed E-state index contributed by atoms with van der Waals surface area (Å²) in [6.07, 6.45) is 1.04. The molecule has 34 heavy (non-hydrogen) atoms. The number of nitrogens with zero attached hydrogens (tertiary/aromatic N) is 1. The van der Waals surface area contributed by atoms with Crippen LogP contribution in [0.1, 0.15) is 62.6 Å². The number of benzene rings is 2. The first-order valence-corrected chi connectivity index (χ1v) is 12.2. The molecule has 0 aliphatic carbocycles. The third kappa shape index (κ3) is 5.91. The maximum atomic E-state index is 13.8. The molecule has 2 unspecified atom stereocenters. The summed E-state index contributed by atoms with van der Waals surface area (Å²) in [6.45, 7) is 3.84. The molecular formula is C26H29Cl2NO5. The molecule has 1 heterocycles. The SMILES string of the molecule is CCC[C@H](C(=O)OCC)N1C(=O)C(CC(=O)O)CC(c2cccc(Cl)c2)[C@@H]1c1ccc(Cl)cc1. The van der Waals surface area contributed by atoms with Crippen LogP contribution in [-0.2, 0) is 19.1 Å². The average Bonchev–Trinajstić information content (AvgIpc) is 2.79. The standard InChI is InChI=1S/C26H29Cl2NO5/c1-3-6-22(26(33)34-4-2)29-24(16-9-11-19(27)12-10-16)21(17-7-5-8-20(28)13-17)14-18(25(29)32)15-23(30)31/h5,7-13,18,21-22,24H,3-4,6,14-15H2,1-2H3,(H,30,31)/t18?,21?,22-,24+/m1/s1. The first-order chi connectivity index (χ1) is 16.3. The first kappa shape index (κ1) is 26.0. The van der Waals surface area contributed by atoms with E-state index in [1.54, 1.807) is 30.0 Å². The fourth-order valence-electron chi connectivity index (χ4n) is 4.80. The quantitative estimate of drug-likeness (QED) is 0.430. The van der Waals surface area contributed by atoms with Crippen LogP contribution in [0, 0.1) is 5.92 Å². The minimum atomic E-state index is -1.06. The van der Waals surface area contributed by atoms with Gasteiger partial charge in [-0.3, -0.25) is 9.59 Å². The highest BCUT2D eigenvalue weighted by molar-refractivity contribution is 6.30. The lowest BCUT2D eigenvalue weighted by atomic mass is 9.74. The molecule has 0 aromatic heterocycles. The number of amides is 1. The second kappa shape index (κ2) is 11.7. The zero-order chi connectivity index (χ0) is 24.8. The largest absolute Gasteiger partial charge is 0.481 e. The van der Waals surface area contributed by atoms with Crippen LogP contribution in [0.4, 0.5) is 0 Å². The molecule has 6 nitrogen and oxygen atoms in total. The minimum Gasteiger partial charge on any atom is -0.481 e. The fraction of sp³-hybridized carbons (Fsp3) is 0.423. The Labute approximate surface area is 209 Å². The van der Waals surface area contributed by atoms with E-state index in [4.69, 9.17) is 27.9 Å². The van der Waals surface area contributed by atoms with Crippen molar-refractivity contribution in [2.24, 2.45) is 5.92 Å². The summed E-state index contributed by atoms with van der Waals surface area (Å²) in [4.78, 5) is 40.0. The van der Waals surface area contributed by atoms with E-state index in [1.807, 2.05) is 37.3 Å². The van der Waals surface area contributed by atoms with Gasteiger partial charge in [0.1, 0.15) is 6.04 Å². The van der Waals surface area contributed by atoms with E-state index < -0.39 is 29.9 Å². The Morgan fingerprint density at radius 3 is 2.38 bits per heavy atom. The monoisotopic (exact) mass is 505 g/mol. The van der Waals surface area contributed by atoms with Gasteiger partial charge in [-0.25, -0.2) is 4.79 Å². The molecule has 0 radical (unpaired) electrons. The molecule has 0 bridgehead atoms. The molecule has 2 aromatic carbocycles. The van der Waals surface area contributed by atoms with Crippen molar-refractivity contribution in [2.75, 3.05) is 6.61 Å². The number of aliphatic carboxylic acids is 1. The zero-order valence-electron chi connectivity index (χ0n) is 19.2. The van der Waals surface area contributed by atoms with Crippen molar-refractivity contribution in [2.45, 2.75) is 57.5 Å². The molecule has 0 saturated carbocycles. The Morgan fingerprint density at radius 2 is 1.79 bits per heavy atom. The normalized spacial score (nSPS) is 21.2. The van der Waals surface area contributed by atoms with Gasteiger partial charge in [0.05, 0.1) is 19.1 Å². The third-order valence-corrected chi connectivity index (χ3v) is 6.68. The van der Waals surface area contributed by atoms with Gasteiger partial charge in [-0.05, 0) is 55.2 Å². The lowest BCUT2D eigenvalue weighted by molar-refractivity contribution is -0.164. The number of hydrogen-bond acceptors (Lipinski definition) is 4. The maximum Gasteiger partial charge on any atom is 0.328 e. The van der Waals surface area contributed by atoms with E-state index in [0.717, 1.165) is 11.1 Å². The maximum absolute atomic E-state index is 13.8. The molecule has 8 heteroatoms. The zero-order valence-corrected chi connectivity index (χ0v) is 20.8. The molecular weight excluding hydrogens is 477 g/mol. The van der Waals surface area contributed by atoms with Crippen LogP contribution in [-0.4, -0.2) is 40.5 Å². The van der Waals surface area contributed by atoms with Crippen LogP contribution < -0.4 is 0 Å². The number of halogens is 2. The van der Waals surface area contributed by atoms with Crippen molar-refractivity contribution >= 4 is 41.0 Å². The van der Waals surface area contributed by atoms with Gasteiger partial charge in [-0.15, -0.1) is 0 Å². The summed E-state index contributed by atoms with van der Waals surface area (Å²) in [5, 5.41) is 10.6. The smallest absolute Gasteiger partial charge is 0.328 e. The predicted molar refractivity (Wildman–Crippen MR) is 131 cm³/mol. The van der Waals surface area contributed by atoms with Gasteiger partial charge in [0, 0.05) is 21.9 Å². The molecule has 1 fully saturated rings. The van der Waals surface area contributed by atoms with Gasteiger partial charge in [-0.2, -0.15) is 0 Å². The third-order valence-electron chi connectivity index (χ3n) is 6.19. The topological polar surface area (TPSA) is 83.9 Å². The number of carbonyl (C=O) groups is 3. The van der Waals surface area contributed by atoms with Crippen molar-refractivity contribution in [3.05, 3.63) is 69.7 Å². The second-order valence-electron chi connectivity index (χ2n) is 8.49. The number of rotatable bonds is 9. The molecule has 1 aliphatic rings. The number of likely N-dealkylation sites (tertiary alicyclic amines) is 1. The van der Waals surface area contributed by atoms with E-state index in [2.05, 4.69) is 0 Å². The predicted octanol–water partition coefficient (Wildman–Crippen LogP) is 5.87. The van der Waals surface area contributed by atoms with Gasteiger partial charge in [0.2, 0.25) is 5.91 Å². The number of piperidine rings is 1. The Morgan fingerprint density at radius 1 is 1.09 bits per heavy atom. The summed E-state index contributed by atoms with van der Waals surface area (Å²) >= 11 is 12.4. The summed E-state index contributed by atoms with van der Waals surface area (Å²) in [6, 6.07) is 13.2. The van der Waals surface area contributed by atoms with Gasteiger partial charge in [0.15, 0.2) is 0 Å². The highest BCUT2D eigenvalue weighted by atomic mass is 35.5. The summed E-state index contributed by atoms with van der Waals surface area (Å²) < 4.78 is 5.35. The van der Waals surface area contributed by atoms with Crippen molar-refractivity contribution < 1.29 is 24.2 Å². The second-order valence-corrected chi connectivity index (χ2v) is 9.36. The minimum absolute atomic E-state index is 0.183. The van der Waals surface area contributed by atoms with E-state index in [1.165, 1.54) is 0 Å². The van der Waals surface area contributed by atoms with Crippen molar-refractivity contribution in [1.82, 2.24) is 4.90 Å². The molecule has 0 spiro atoms. The lowest BCUT2D eigenvalue weighted by Crippen LogP contribution is -2.54. The van der Waals surface area contributed by atoms with Crippen molar-refractivity contribution in [3.8, 4) is 0 Å². The number of hydrogen-bond donors (Lipinski definition) is 1. The number of carboxylic acids is 1. The molecule has 1 amide bonds. The van der Waals surface area contributed by atoms with E-state index in [-0.39, 0.29) is 24.9 Å². The van der Waals surface area contributed by atoms with Crippen LogP contribution in [0.3, 0.4) is 0 Å². The molecule has 1 N–H and O–H groups in total. The van der Waals surface area contributed by atoms with E-state index in [0.29, 0.717) is 29.3 Å². The van der Waals surface area contributed by atoms with Gasteiger partial charge >= 0.3 is 11.9 Å². The van der Waals surface area contributed by atoms with Crippen molar-refractivity contribution in [1.29, 1.82) is 0 Å². The van der Waals surface area contributed by atoms with Crippen LogP contribution >= 0.6 is 23.2 Å². The Kier molecular flexibility index (Phi) is 8.97. The van der Waals surface area contributed by atoms with Crippen LogP contribution in [0.2, 0.25) is 10.0 Å². The number of carbonyl (C=O) groups excluding carboxylic acids is 2. The van der Waals surface area contributed by atoms with Crippen LogP contribution in [0.5, 0.6) is 0 Å². The number of carboxylic acid groups (broad SMARTS) is 1. The molecule has 1 aliphatic heterocycles. The van der Waals surface area contributed by atoms with Crippen LogP contribution in [0.15, 0.2) is 48.5 Å². The highest BCUT2D eigenvalue weighted by Gasteiger charge is 2.48. The van der Waals surface area contributed by atoms with E-state index >= 15 is 0 Å². The Bertz CT molecular complexity index is 1030. The molecule has 2 aromatic rings. The molecule has 4 atom stereocenters. The summed E-state index contributed by atoms with van der Waals surface area (Å²) in [5.41, 5.74) is 1.68. The Hall–Kier alpha value is -2.57. The van der Waals surface area contributed by atoms with Gasteiger partial charge < -0.3 is 14.7 Å². The molecule has 1 saturated heterocycles. The summed E-state index contributed by atoms with van der Waals surface area (Å²) in [7, 11) is 0. The van der Waals surface area contributed by atoms with E-state index in [9.17, 15) is 19.5 Å². The van der Waals surface area contributed by atoms with Gasteiger partial charge in [0.25, 0.3) is 0 Å². The highest BCUT2D eigenvalue weighted by Crippen LogP contribution is 2.47. The number of esters is 1. The van der Waals surface area contributed by atoms with Gasteiger partial charge in [-0.1, -0.05) is 60.8 Å². The van der Waals surface area contributed by atoms with Crippen LogP contribution in [0.25, 0.3) is 0 Å².